The van der Waals surface area contributed by atoms with Crippen LogP contribution in [0.15, 0.2) is 59.2 Å². The first-order valence-corrected chi connectivity index (χ1v) is 9.44. The molecule has 0 unspecified atom stereocenters. The van der Waals surface area contributed by atoms with Crippen LogP contribution in [-0.4, -0.2) is 21.9 Å². The van der Waals surface area contributed by atoms with Gasteiger partial charge < -0.3 is 10.1 Å². The third-order valence-electron chi connectivity index (χ3n) is 4.65. The number of nitrogens with zero attached hydrogens (tertiary/aromatic N) is 3. The zero-order valence-electron chi connectivity index (χ0n) is 16.1. The summed E-state index contributed by atoms with van der Waals surface area (Å²) in [6, 6.07) is 16.7. The number of halogens is 1. The smallest absolute Gasteiger partial charge is 0.218 e. The minimum atomic E-state index is -0.319. The van der Waals surface area contributed by atoms with Crippen molar-refractivity contribution in [1.29, 1.82) is 0 Å². The zero-order valence-corrected chi connectivity index (χ0v) is 16.1. The van der Waals surface area contributed by atoms with Crippen LogP contribution in [0, 0.1) is 12.7 Å². The molecule has 148 valence electrons. The number of benzene rings is 2. The molecular formula is C22H21FN4O2. The summed E-state index contributed by atoms with van der Waals surface area (Å²) in [6.07, 6.45) is 0.764. The second kappa shape index (κ2) is 8.79. The van der Waals surface area contributed by atoms with E-state index in [4.69, 9.17) is 9.37 Å². The van der Waals surface area contributed by atoms with Gasteiger partial charge in [-0.1, -0.05) is 40.6 Å². The van der Waals surface area contributed by atoms with E-state index in [2.05, 4.69) is 32.7 Å². The molecule has 0 aliphatic carbocycles. The van der Waals surface area contributed by atoms with Crippen molar-refractivity contribution in [2.24, 2.45) is 0 Å². The van der Waals surface area contributed by atoms with Crippen LogP contribution in [0.3, 0.4) is 0 Å². The highest BCUT2D eigenvalue weighted by atomic mass is 19.1. The van der Waals surface area contributed by atoms with E-state index >= 15 is 0 Å². The maximum absolute atomic E-state index is 13.6. The fourth-order valence-corrected chi connectivity index (χ4v) is 3.05. The molecule has 2 aromatic carbocycles. The quantitative estimate of drug-likeness (QED) is 0.489. The number of aromatic nitrogens is 3. The predicted octanol–water partition coefficient (Wildman–Crippen LogP) is 3.98. The molecule has 0 spiro atoms. The maximum atomic E-state index is 13.6. The topological polar surface area (TPSA) is 73.1 Å². The van der Waals surface area contributed by atoms with Gasteiger partial charge in [-0.2, -0.15) is 0 Å². The highest BCUT2D eigenvalue weighted by Crippen LogP contribution is 2.23. The molecule has 0 aliphatic rings. The maximum Gasteiger partial charge on any atom is 0.218 e. The number of pyridine rings is 1. The second-order valence-electron chi connectivity index (χ2n) is 6.77. The predicted molar refractivity (Wildman–Crippen MR) is 107 cm³/mol. The molecule has 0 amide bonds. The van der Waals surface area contributed by atoms with Gasteiger partial charge in [0.2, 0.25) is 5.88 Å². The van der Waals surface area contributed by atoms with Crippen LogP contribution in [0.4, 0.5) is 4.39 Å². The van der Waals surface area contributed by atoms with Gasteiger partial charge in [-0.05, 0) is 30.7 Å². The van der Waals surface area contributed by atoms with E-state index < -0.39 is 0 Å². The lowest BCUT2D eigenvalue weighted by Gasteiger charge is -2.13. The van der Waals surface area contributed by atoms with Crippen molar-refractivity contribution < 1.29 is 13.8 Å². The number of nitrogens with one attached hydrogen (secondary N) is 1. The fourth-order valence-electron chi connectivity index (χ4n) is 3.05. The Kier molecular flexibility index (Phi) is 5.76. The highest BCUT2D eigenvalue weighted by Gasteiger charge is 2.11. The third-order valence-corrected chi connectivity index (χ3v) is 4.65. The van der Waals surface area contributed by atoms with E-state index in [0.717, 1.165) is 28.8 Å². The van der Waals surface area contributed by atoms with Gasteiger partial charge in [-0.25, -0.2) is 14.0 Å². The Bertz CT molecular complexity index is 1100. The number of hydrogen-bond donors (Lipinski definition) is 1. The number of hydrogen-bond acceptors (Lipinski definition) is 6. The summed E-state index contributed by atoms with van der Waals surface area (Å²) in [7, 11) is 0. The number of ether oxygens (including phenoxy) is 1. The zero-order chi connectivity index (χ0) is 20.1. The Morgan fingerprint density at radius 2 is 1.90 bits per heavy atom. The molecular weight excluding hydrogens is 371 g/mol. The summed E-state index contributed by atoms with van der Waals surface area (Å²) in [5.74, 6) is 0.182. The first kappa shape index (κ1) is 19.0. The lowest BCUT2D eigenvalue weighted by atomic mass is 10.1. The first-order chi connectivity index (χ1) is 14.2. The fraction of sp³-hybridized carbons (Fsp3) is 0.227. The molecule has 2 heterocycles. The van der Waals surface area contributed by atoms with Crippen LogP contribution < -0.4 is 10.1 Å². The molecule has 6 nitrogen and oxygen atoms in total. The van der Waals surface area contributed by atoms with Crippen molar-refractivity contribution in [3.8, 4) is 5.88 Å². The monoisotopic (exact) mass is 392 g/mol. The summed E-state index contributed by atoms with van der Waals surface area (Å²) in [4.78, 5) is 4.55. The molecule has 0 bridgehead atoms. The van der Waals surface area contributed by atoms with Crippen LogP contribution in [0.5, 0.6) is 5.88 Å². The Morgan fingerprint density at radius 3 is 2.69 bits per heavy atom. The summed E-state index contributed by atoms with van der Waals surface area (Å²) in [5, 5.41) is 11.8. The van der Waals surface area contributed by atoms with Gasteiger partial charge in [0.25, 0.3) is 0 Å². The van der Waals surface area contributed by atoms with Crippen molar-refractivity contribution in [2.45, 2.75) is 26.4 Å². The SMILES string of the molecule is Cc1nonc1CNCc1cc2ccc(F)cc2nc1OCCc1ccccc1. The second-order valence-corrected chi connectivity index (χ2v) is 6.77. The Labute approximate surface area is 167 Å². The van der Waals surface area contributed by atoms with Crippen molar-refractivity contribution >= 4 is 10.9 Å². The molecule has 0 fully saturated rings. The van der Waals surface area contributed by atoms with Gasteiger partial charge in [0.1, 0.15) is 17.2 Å². The van der Waals surface area contributed by atoms with Crippen molar-refractivity contribution in [3.63, 3.8) is 0 Å². The molecule has 0 aliphatic heterocycles. The lowest BCUT2D eigenvalue weighted by molar-refractivity contribution is 0.299. The molecule has 4 rings (SSSR count). The molecule has 0 atom stereocenters. The minimum Gasteiger partial charge on any atom is -0.477 e. The molecule has 2 aromatic heterocycles. The van der Waals surface area contributed by atoms with E-state index in [1.165, 1.54) is 17.7 Å². The van der Waals surface area contributed by atoms with Gasteiger partial charge >= 0.3 is 0 Å². The normalized spacial score (nSPS) is 11.1. The minimum absolute atomic E-state index is 0.319. The van der Waals surface area contributed by atoms with Crippen LogP contribution in [-0.2, 0) is 19.5 Å². The molecule has 7 heteroatoms. The molecule has 29 heavy (non-hydrogen) atoms. The Balaban J connectivity index is 1.50. The van der Waals surface area contributed by atoms with Crippen molar-refractivity contribution in [1.82, 2.24) is 20.6 Å². The molecule has 0 saturated carbocycles. The first-order valence-electron chi connectivity index (χ1n) is 9.44. The highest BCUT2D eigenvalue weighted by molar-refractivity contribution is 5.80. The largest absolute Gasteiger partial charge is 0.477 e. The number of rotatable bonds is 8. The summed E-state index contributed by atoms with van der Waals surface area (Å²) < 4.78 is 24.3. The van der Waals surface area contributed by atoms with Gasteiger partial charge in [0, 0.05) is 36.5 Å². The van der Waals surface area contributed by atoms with Crippen LogP contribution in [0.25, 0.3) is 10.9 Å². The Morgan fingerprint density at radius 1 is 1.03 bits per heavy atom. The van der Waals surface area contributed by atoms with E-state index in [1.54, 1.807) is 6.07 Å². The van der Waals surface area contributed by atoms with Crippen LogP contribution >= 0.6 is 0 Å². The van der Waals surface area contributed by atoms with Gasteiger partial charge in [-0.15, -0.1) is 0 Å². The van der Waals surface area contributed by atoms with Crippen LogP contribution in [0.1, 0.15) is 22.5 Å². The summed E-state index contributed by atoms with van der Waals surface area (Å²) in [5.41, 5.74) is 4.16. The molecule has 4 aromatic rings. The van der Waals surface area contributed by atoms with E-state index in [1.807, 2.05) is 31.2 Å². The number of aryl methyl sites for hydroxylation is 1. The van der Waals surface area contributed by atoms with E-state index in [-0.39, 0.29) is 5.82 Å². The van der Waals surface area contributed by atoms with Crippen LogP contribution in [0.2, 0.25) is 0 Å². The Hall–Kier alpha value is -3.32. The molecule has 0 saturated heterocycles. The number of fused-ring (bicyclic) bond motifs is 1. The van der Waals surface area contributed by atoms with Gasteiger partial charge in [0.05, 0.1) is 12.1 Å². The summed E-state index contributed by atoms with van der Waals surface area (Å²) in [6.45, 7) is 3.36. The third kappa shape index (κ3) is 4.75. The van der Waals surface area contributed by atoms with Gasteiger partial charge in [0.15, 0.2) is 0 Å². The molecule has 1 N–H and O–H groups in total. The molecule has 0 radical (unpaired) electrons. The average molecular weight is 392 g/mol. The van der Waals surface area contributed by atoms with E-state index in [0.29, 0.717) is 31.1 Å². The van der Waals surface area contributed by atoms with Crippen molar-refractivity contribution in [3.05, 3.63) is 82.9 Å². The van der Waals surface area contributed by atoms with Gasteiger partial charge in [-0.3, -0.25) is 0 Å². The van der Waals surface area contributed by atoms with E-state index in [9.17, 15) is 4.39 Å². The average Bonchev–Trinajstić information content (AvgIpc) is 3.14. The van der Waals surface area contributed by atoms with Crippen molar-refractivity contribution in [2.75, 3.05) is 6.61 Å². The summed E-state index contributed by atoms with van der Waals surface area (Å²) >= 11 is 0. The lowest BCUT2D eigenvalue weighted by Crippen LogP contribution is -2.15. The standard InChI is InChI=1S/C22H21FN4O2/c1-15-21(27-29-26-15)14-24-13-18-11-17-7-8-19(23)12-20(17)25-22(18)28-10-9-16-5-3-2-4-6-16/h2-8,11-12,24H,9-10,13-14H2,1H3.